The average molecular weight is 311 g/mol. The number of nitrogens with one attached hydrogen (secondary N) is 1. The first-order valence-corrected chi connectivity index (χ1v) is 7.77. The minimum atomic E-state index is -0.804. The highest BCUT2D eigenvalue weighted by molar-refractivity contribution is 8.03. The summed E-state index contributed by atoms with van der Waals surface area (Å²) < 4.78 is 5.36. The molecule has 0 saturated carbocycles. The molecule has 1 atom stereocenters. The molecular formula is C17H13NO3S. The molecule has 0 aromatic heterocycles. The molecule has 1 aromatic rings. The Bertz CT molecular complexity index is 806. The van der Waals surface area contributed by atoms with Gasteiger partial charge in [0.05, 0.1) is 12.0 Å². The van der Waals surface area contributed by atoms with Crippen LogP contribution in [0.4, 0.5) is 5.69 Å². The standard InChI is InChI=1S/C17H13NO3S/c1-21-15-14(20)11-6-4-5-10(19)9-17(11)16(15)22-13-8-3-2-7-12(13)18-17/h2-8,18H,9H2,1H3. The van der Waals surface area contributed by atoms with Crippen LogP contribution in [0.1, 0.15) is 6.42 Å². The zero-order valence-electron chi connectivity index (χ0n) is 11.9. The van der Waals surface area contributed by atoms with Gasteiger partial charge in [-0.2, -0.15) is 0 Å². The highest BCUT2D eigenvalue weighted by Gasteiger charge is 2.54. The van der Waals surface area contributed by atoms with Crippen molar-refractivity contribution in [2.45, 2.75) is 16.9 Å². The predicted molar refractivity (Wildman–Crippen MR) is 84.5 cm³/mol. The lowest BCUT2D eigenvalue weighted by molar-refractivity contribution is -0.115. The number of thioether (sulfide) groups is 1. The van der Waals surface area contributed by atoms with E-state index in [4.69, 9.17) is 4.74 Å². The number of hydrogen-bond acceptors (Lipinski definition) is 5. The van der Waals surface area contributed by atoms with Gasteiger partial charge in [0.25, 0.3) is 0 Å². The fraction of sp³-hybridized carbons (Fsp3) is 0.176. The maximum Gasteiger partial charge on any atom is 0.227 e. The van der Waals surface area contributed by atoms with Crippen LogP contribution in [0.25, 0.3) is 0 Å². The third-order valence-corrected chi connectivity index (χ3v) is 5.45. The van der Waals surface area contributed by atoms with E-state index < -0.39 is 5.54 Å². The van der Waals surface area contributed by atoms with E-state index in [-0.39, 0.29) is 18.0 Å². The summed E-state index contributed by atoms with van der Waals surface area (Å²) in [6.07, 6.45) is 5.10. The first-order valence-electron chi connectivity index (χ1n) is 6.96. The number of benzene rings is 1. The van der Waals surface area contributed by atoms with Gasteiger partial charge >= 0.3 is 0 Å². The second kappa shape index (κ2) is 4.61. The molecule has 2 aliphatic carbocycles. The predicted octanol–water partition coefficient (Wildman–Crippen LogP) is 2.84. The number of anilines is 1. The molecule has 110 valence electrons. The number of methoxy groups -OCH3 is 1. The summed E-state index contributed by atoms with van der Waals surface area (Å²) in [6, 6.07) is 7.84. The highest BCUT2D eigenvalue weighted by Crippen LogP contribution is 2.55. The van der Waals surface area contributed by atoms with Crippen molar-refractivity contribution in [1.82, 2.24) is 0 Å². The van der Waals surface area contributed by atoms with Gasteiger partial charge in [0.15, 0.2) is 11.5 Å². The number of Topliss-reactive ketones (excluding diaryl/α,β-unsaturated/α-hetero) is 1. The highest BCUT2D eigenvalue weighted by atomic mass is 32.2. The van der Waals surface area contributed by atoms with E-state index in [9.17, 15) is 9.59 Å². The Balaban J connectivity index is 1.97. The van der Waals surface area contributed by atoms with E-state index in [1.165, 1.54) is 24.9 Å². The normalized spacial score (nSPS) is 25.8. The van der Waals surface area contributed by atoms with E-state index >= 15 is 0 Å². The summed E-state index contributed by atoms with van der Waals surface area (Å²) in [4.78, 5) is 26.6. The molecule has 0 radical (unpaired) electrons. The molecule has 5 heteroatoms. The van der Waals surface area contributed by atoms with Gasteiger partial charge in [-0.1, -0.05) is 36.0 Å². The number of ketones is 2. The first-order chi connectivity index (χ1) is 10.7. The van der Waals surface area contributed by atoms with Crippen molar-refractivity contribution in [3.05, 3.63) is 58.7 Å². The molecule has 4 nitrogen and oxygen atoms in total. The van der Waals surface area contributed by atoms with E-state index in [1.807, 2.05) is 24.3 Å². The van der Waals surface area contributed by atoms with Crippen molar-refractivity contribution in [2.24, 2.45) is 0 Å². The molecule has 22 heavy (non-hydrogen) atoms. The molecule has 1 unspecified atom stereocenters. The second-order valence-corrected chi connectivity index (χ2v) is 6.45. The quantitative estimate of drug-likeness (QED) is 0.864. The van der Waals surface area contributed by atoms with Crippen LogP contribution >= 0.6 is 11.8 Å². The first kappa shape index (κ1) is 13.4. The molecule has 0 fully saturated rings. The van der Waals surface area contributed by atoms with Gasteiger partial charge in [0, 0.05) is 22.6 Å². The fourth-order valence-corrected chi connectivity index (χ4v) is 4.46. The van der Waals surface area contributed by atoms with Crippen LogP contribution in [-0.2, 0) is 14.3 Å². The number of carbonyl (C=O) groups excluding carboxylic acids is 2. The molecule has 1 heterocycles. The largest absolute Gasteiger partial charge is 0.492 e. The number of hydrogen-bond donors (Lipinski definition) is 1. The maximum absolute atomic E-state index is 12.7. The lowest BCUT2D eigenvalue weighted by atomic mass is 9.87. The van der Waals surface area contributed by atoms with Gasteiger partial charge in [0.1, 0.15) is 5.54 Å². The summed E-state index contributed by atoms with van der Waals surface area (Å²) in [5.74, 6) is 0.174. The lowest BCUT2D eigenvalue weighted by Crippen LogP contribution is -2.43. The Morgan fingerprint density at radius 2 is 2.09 bits per heavy atom. The van der Waals surface area contributed by atoms with Gasteiger partial charge in [-0.05, 0) is 18.2 Å². The summed E-state index contributed by atoms with van der Waals surface area (Å²) in [7, 11) is 1.50. The topological polar surface area (TPSA) is 55.4 Å². The van der Waals surface area contributed by atoms with Gasteiger partial charge < -0.3 is 10.1 Å². The Morgan fingerprint density at radius 3 is 2.91 bits per heavy atom. The molecule has 1 aromatic carbocycles. The average Bonchev–Trinajstić information content (AvgIpc) is 2.62. The molecule has 1 spiro atoms. The molecule has 4 rings (SSSR count). The maximum atomic E-state index is 12.7. The molecule has 3 aliphatic rings. The van der Waals surface area contributed by atoms with Crippen LogP contribution in [0.15, 0.2) is 63.6 Å². The van der Waals surface area contributed by atoms with Gasteiger partial charge in [-0.3, -0.25) is 9.59 Å². The molecule has 1 aliphatic heterocycles. The van der Waals surface area contributed by atoms with Crippen LogP contribution < -0.4 is 5.32 Å². The van der Waals surface area contributed by atoms with E-state index in [2.05, 4.69) is 5.32 Å². The minimum Gasteiger partial charge on any atom is -0.492 e. The Morgan fingerprint density at radius 1 is 1.27 bits per heavy atom. The SMILES string of the molecule is COC1=C2Sc3ccccc3NC23CC(=O)C=CC=C3C1=O. The zero-order chi connectivity index (χ0) is 15.3. The van der Waals surface area contributed by atoms with Crippen molar-refractivity contribution >= 4 is 29.0 Å². The molecule has 0 bridgehead atoms. The number of carbonyl (C=O) groups is 2. The van der Waals surface area contributed by atoms with Crippen LogP contribution in [0.2, 0.25) is 0 Å². The Hall–Kier alpha value is -2.27. The van der Waals surface area contributed by atoms with Crippen molar-refractivity contribution in [2.75, 3.05) is 12.4 Å². The van der Waals surface area contributed by atoms with E-state index in [0.717, 1.165) is 15.5 Å². The van der Waals surface area contributed by atoms with Crippen LogP contribution in [-0.4, -0.2) is 24.2 Å². The van der Waals surface area contributed by atoms with E-state index in [1.54, 1.807) is 12.2 Å². The van der Waals surface area contributed by atoms with Crippen LogP contribution in [0, 0.1) is 0 Å². The van der Waals surface area contributed by atoms with Crippen molar-refractivity contribution in [3.63, 3.8) is 0 Å². The summed E-state index contributed by atoms with van der Waals surface area (Å²) in [6.45, 7) is 0. The molecule has 1 N–H and O–H groups in total. The summed E-state index contributed by atoms with van der Waals surface area (Å²) in [5, 5.41) is 3.43. The van der Waals surface area contributed by atoms with Gasteiger partial charge in [-0.15, -0.1) is 0 Å². The fourth-order valence-electron chi connectivity index (χ4n) is 3.19. The molecular weight excluding hydrogens is 298 g/mol. The van der Waals surface area contributed by atoms with E-state index in [0.29, 0.717) is 11.3 Å². The van der Waals surface area contributed by atoms with Crippen LogP contribution in [0.3, 0.4) is 0 Å². The number of para-hydroxylation sites is 1. The molecule has 0 saturated heterocycles. The number of rotatable bonds is 1. The van der Waals surface area contributed by atoms with Crippen molar-refractivity contribution < 1.29 is 14.3 Å². The molecule has 0 amide bonds. The lowest BCUT2D eigenvalue weighted by Gasteiger charge is -2.38. The Kier molecular flexibility index (Phi) is 2.81. The monoisotopic (exact) mass is 311 g/mol. The number of allylic oxidation sites excluding steroid dienone is 4. The van der Waals surface area contributed by atoms with Crippen molar-refractivity contribution in [1.29, 1.82) is 0 Å². The number of fused-ring (bicyclic) bond motifs is 1. The summed E-state index contributed by atoms with van der Waals surface area (Å²) in [5.41, 5.74) is 0.702. The third-order valence-electron chi connectivity index (χ3n) is 4.14. The third kappa shape index (κ3) is 1.66. The smallest absolute Gasteiger partial charge is 0.227 e. The van der Waals surface area contributed by atoms with Crippen LogP contribution in [0.5, 0.6) is 0 Å². The van der Waals surface area contributed by atoms with Crippen molar-refractivity contribution in [3.8, 4) is 0 Å². The van der Waals surface area contributed by atoms with Gasteiger partial charge in [-0.25, -0.2) is 0 Å². The zero-order valence-corrected chi connectivity index (χ0v) is 12.7. The summed E-state index contributed by atoms with van der Waals surface area (Å²) >= 11 is 1.50. The van der Waals surface area contributed by atoms with Gasteiger partial charge in [0.2, 0.25) is 5.78 Å². The second-order valence-electron chi connectivity index (χ2n) is 5.40. The number of ether oxygens (including phenoxy) is 1. The Labute approximate surface area is 131 Å². The minimum absolute atomic E-state index is 0.0126.